The Bertz CT molecular complexity index is 2750. The molecule has 470 valence electrons. The highest BCUT2D eigenvalue weighted by atomic mass is 35.5. The molecule has 3 heterocycles. The lowest BCUT2D eigenvalue weighted by atomic mass is 9.77. The van der Waals surface area contributed by atoms with Gasteiger partial charge >= 0.3 is 5.97 Å². The number of likely N-dealkylation sites (N-methyl/N-ethyl adjacent to an activating group) is 1. The van der Waals surface area contributed by atoms with E-state index in [4.69, 9.17) is 35.3 Å². The maximum absolute atomic E-state index is 14.9. The van der Waals surface area contributed by atoms with E-state index < -0.39 is 120 Å². The van der Waals surface area contributed by atoms with Crippen LogP contribution in [0.1, 0.15) is 115 Å². The maximum atomic E-state index is 14.9. The van der Waals surface area contributed by atoms with E-state index in [0.717, 1.165) is 0 Å². The Balaban J connectivity index is 1.28. The van der Waals surface area contributed by atoms with Crippen LogP contribution in [0.5, 0.6) is 0 Å². The molecule has 3 aromatic rings. The number of aliphatic hydroxyl groups is 3. The molecular formula is C63H91ClN6O15. The number of anilines is 1. The number of carboxylic acid groups (broad SMARTS) is 1. The average Bonchev–Trinajstić information content (AvgIpc) is 2.32. The van der Waals surface area contributed by atoms with E-state index in [-0.39, 0.29) is 74.6 Å². The van der Waals surface area contributed by atoms with Gasteiger partial charge in [-0.25, -0.2) is 4.79 Å². The third-order valence-corrected chi connectivity index (χ3v) is 17.3. The van der Waals surface area contributed by atoms with E-state index in [0.29, 0.717) is 33.8 Å². The second-order valence-electron chi connectivity index (χ2n) is 24.9. The summed E-state index contributed by atoms with van der Waals surface area (Å²) in [5.41, 5.74) is -0.506. The number of ether oxygens (including phenoxy) is 5. The van der Waals surface area contributed by atoms with Crippen molar-refractivity contribution in [1.29, 1.82) is 0 Å². The molecule has 22 heteroatoms. The molecule has 3 aliphatic heterocycles. The number of carbonyl (C=O) groups is 6. The zero-order valence-corrected chi connectivity index (χ0v) is 52.1. The summed E-state index contributed by atoms with van der Waals surface area (Å²) >= 11 is 6.50. The summed E-state index contributed by atoms with van der Waals surface area (Å²) in [5, 5.41) is 57.4. The lowest BCUT2D eigenvalue weighted by Gasteiger charge is -2.49. The average molecular weight is 1210 g/mol. The van der Waals surface area contributed by atoms with E-state index in [1.807, 2.05) is 32.8 Å². The van der Waals surface area contributed by atoms with Gasteiger partial charge < -0.3 is 75.2 Å². The molecule has 21 nitrogen and oxygen atoms in total. The van der Waals surface area contributed by atoms with Crippen LogP contribution >= 0.6 is 11.6 Å². The minimum atomic E-state index is -1.72. The number of aromatic carboxylic acids is 1. The number of aliphatic hydroxyl groups excluding tert-OH is 2. The number of halogens is 1. The monoisotopic (exact) mass is 1210 g/mol. The van der Waals surface area contributed by atoms with Crippen LogP contribution in [0, 0.1) is 23.7 Å². The molecule has 85 heavy (non-hydrogen) atoms. The molecule has 3 aliphatic rings. The van der Waals surface area contributed by atoms with Crippen molar-refractivity contribution in [3.63, 3.8) is 0 Å². The van der Waals surface area contributed by atoms with Gasteiger partial charge in [0.05, 0.1) is 53.5 Å². The molecule has 8 N–H and O–H groups in total. The SMILES string of the molecule is CO[C@]1(C)C[C@H](O[C@H]2[C@H](C)[C@@H](O[C@@H]3O[C@H](C)C[C@H](N(C)C)[C@H]3O)[C@](C)(O)C[C@@H](C)CN(C)C(=O)C[C@@H](Cc3ccc(NC(=O)[C@H](Cc4ccccc4Cl)NC(=O)Cc4ccc(C(=O)O)cc4)cc3)NC(=O)[C@H](C(C)C)NC(=O)[C@@H]2C)O[C@@H](C)[C@@H]1O. The van der Waals surface area contributed by atoms with Gasteiger partial charge in [0.2, 0.25) is 29.5 Å². The van der Waals surface area contributed by atoms with E-state index in [1.165, 1.54) is 31.4 Å². The smallest absolute Gasteiger partial charge is 0.335 e. The largest absolute Gasteiger partial charge is 0.478 e. The number of rotatable bonds is 17. The van der Waals surface area contributed by atoms with Crippen molar-refractivity contribution in [2.75, 3.05) is 40.1 Å². The van der Waals surface area contributed by atoms with Crippen LogP contribution in [0.3, 0.4) is 0 Å². The molecule has 3 aromatic carbocycles. The highest BCUT2D eigenvalue weighted by Crippen LogP contribution is 2.39. The third-order valence-electron chi connectivity index (χ3n) is 16.9. The molecule has 3 saturated heterocycles. The van der Waals surface area contributed by atoms with Crippen molar-refractivity contribution in [1.82, 2.24) is 25.8 Å². The van der Waals surface area contributed by atoms with Gasteiger partial charge in [0.15, 0.2) is 12.6 Å². The predicted molar refractivity (Wildman–Crippen MR) is 319 cm³/mol. The molecular weight excluding hydrogens is 1120 g/mol. The first-order valence-corrected chi connectivity index (χ1v) is 29.8. The zero-order chi connectivity index (χ0) is 62.8. The molecule has 0 aromatic heterocycles. The van der Waals surface area contributed by atoms with Gasteiger partial charge in [-0.3, -0.25) is 24.0 Å². The van der Waals surface area contributed by atoms with E-state index in [2.05, 4.69) is 21.3 Å². The maximum Gasteiger partial charge on any atom is 0.335 e. The molecule has 5 amide bonds. The van der Waals surface area contributed by atoms with Crippen LogP contribution < -0.4 is 21.3 Å². The lowest BCUT2D eigenvalue weighted by Crippen LogP contribution is -2.61. The molecule has 3 fully saturated rings. The molecule has 17 atom stereocenters. The van der Waals surface area contributed by atoms with Crippen molar-refractivity contribution in [2.24, 2.45) is 23.7 Å². The number of hydrogen-bond donors (Lipinski definition) is 8. The number of benzene rings is 3. The molecule has 0 saturated carbocycles. The number of amides is 5. The van der Waals surface area contributed by atoms with Gasteiger partial charge in [0.25, 0.3) is 0 Å². The number of nitrogens with zero attached hydrogens (tertiary/aromatic N) is 2. The van der Waals surface area contributed by atoms with Crippen molar-refractivity contribution in [3.8, 4) is 0 Å². The minimum Gasteiger partial charge on any atom is -0.478 e. The van der Waals surface area contributed by atoms with Crippen LogP contribution in [-0.4, -0.2) is 185 Å². The summed E-state index contributed by atoms with van der Waals surface area (Å²) in [6.45, 7) is 16.0. The third kappa shape index (κ3) is 18.2. The standard InChI is InChI=1S/C63H91ClN6O15/c1-34(2)52-59(77)66-45(27-40-20-24-44(25-21-40)65-58(76)47(29-43-16-14-15-17-46(43)64)67-49(71)28-41-18-22-42(23-19-41)60(78)79)30-50(72)70(12)33-35(3)31-62(8,80)56(85-61-53(73)48(69(10)11)26-36(4)82-61)37(5)54(38(6)57(75)68-52)84-51-32-63(9,81-13)55(74)39(7)83-51/h14-25,34-39,45,47-48,51-56,61,73-74,80H,26-33H2,1-13H3,(H,65,76)(H,66,77)(H,67,71)(H,68,75)(H,78,79)/t35-,36-,37+,38-,39+,45-,47+,48+,51+,52+,53-,54+,55+,56-,61+,62-,63-/m1/s1. The summed E-state index contributed by atoms with van der Waals surface area (Å²) in [6.07, 6.45) is -7.18. The summed E-state index contributed by atoms with van der Waals surface area (Å²) in [6, 6.07) is 16.3. The van der Waals surface area contributed by atoms with Crippen molar-refractivity contribution in [2.45, 2.75) is 192 Å². The highest BCUT2D eigenvalue weighted by Gasteiger charge is 2.51. The number of nitrogens with one attached hydrogen (secondary N) is 4. The number of carboxylic acids is 1. The summed E-state index contributed by atoms with van der Waals surface area (Å²) in [4.78, 5) is 86.3. The molecule has 0 spiro atoms. The van der Waals surface area contributed by atoms with E-state index in [1.54, 1.807) is 109 Å². The Morgan fingerprint density at radius 2 is 1.53 bits per heavy atom. The Morgan fingerprint density at radius 3 is 2.14 bits per heavy atom. The van der Waals surface area contributed by atoms with Gasteiger partial charge in [-0.05, 0) is 120 Å². The van der Waals surface area contributed by atoms with Crippen LogP contribution in [0.2, 0.25) is 5.02 Å². The summed E-state index contributed by atoms with van der Waals surface area (Å²) in [7, 11) is 6.85. The van der Waals surface area contributed by atoms with Gasteiger partial charge in [-0.1, -0.05) is 88.7 Å². The first-order chi connectivity index (χ1) is 39.9. The first kappa shape index (κ1) is 68.5. The molecule has 6 rings (SSSR count). The first-order valence-electron chi connectivity index (χ1n) is 29.4. The Labute approximate surface area is 505 Å². The van der Waals surface area contributed by atoms with Gasteiger partial charge in [-0.15, -0.1) is 0 Å². The number of methoxy groups -OCH3 is 1. The molecule has 0 bridgehead atoms. The number of carbonyl (C=O) groups excluding carboxylic acids is 5. The van der Waals surface area contributed by atoms with Crippen LogP contribution in [0.4, 0.5) is 5.69 Å². The van der Waals surface area contributed by atoms with Crippen molar-refractivity contribution in [3.05, 3.63) is 100 Å². The fourth-order valence-electron chi connectivity index (χ4n) is 12.1. The fraction of sp³-hybridized carbons (Fsp3) is 0.619. The van der Waals surface area contributed by atoms with Crippen molar-refractivity contribution < 1.29 is 72.9 Å². The quantitative estimate of drug-likeness (QED) is 0.0870. The van der Waals surface area contributed by atoms with Crippen LogP contribution in [-0.2, 0) is 66.9 Å². The van der Waals surface area contributed by atoms with Crippen LogP contribution in [0.15, 0.2) is 72.8 Å². The lowest BCUT2D eigenvalue weighted by molar-refractivity contribution is -0.317. The Hall–Kier alpha value is -5.59. The topological polar surface area (TPSA) is 284 Å². The van der Waals surface area contributed by atoms with Crippen LogP contribution in [0.25, 0.3) is 0 Å². The second kappa shape index (κ2) is 29.9. The highest BCUT2D eigenvalue weighted by molar-refractivity contribution is 6.31. The Morgan fingerprint density at radius 1 is 0.882 bits per heavy atom. The van der Waals surface area contributed by atoms with Gasteiger partial charge in [-0.2, -0.15) is 0 Å². The molecule has 0 aliphatic carbocycles. The normalized spacial score (nSPS) is 32.5. The molecule has 0 radical (unpaired) electrons. The van der Waals surface area contributed by atoms with E-state index in [9.17, 15) is 49.2 Å². The Kier molecular flexibility index (Phi) is 24.1. The number of hydrogen-bond acceptors (Lipinski definition) is 15. The fourth-order valence-corrected chi connectivity index (χ4v) is 12.3. The predicted octanol–water partition coefficient (Wildman–Crippen LogP) is 5.12. The summed E-state index contributed by atoms with van der Waals surface area (Å²) < 4.78 is 32.1. The summed E-state index contributed by atoms with van der Waals surface area (Å²) in [5.74, 6) is -6.28. The molecule has 0 unspecified atom stereocenters. The van der Waals surface area contributed by atoms with E-state index >= 15 is 0 Å². The van der Waals surface area contributed by atoms with Gasteiger partial charge in [0, 0.05) is 68.7 Å². The minimum absolute atomic E-state index is 0.0568. The second-order valence-corrected chi connectivity index (χ2v) is 25.3. The van der Waals surface area contributed by atoms with Crippen molar-refractivity contribution >= 4 is 52.8 Å². The zero-order valence-electron chi connectivity index (χ0n) is 51.4. The van der Waals surface area contributed by atoms with Gasteiger partial charge in [0.1, 0.15) is 24.3 Å².